The maximum Gasteiger partial charge on any atom is 0.164 e. The first kappa shape index (κ1) is 10.8. The summed E-state index contributed by atoms with van der Waals surface area (Å²) in [6.45, 7) is 0.929. The molecule has 0 aliphatic carbocycles. The van der Waals surface area contributed by atoms with Crippen molar-refractivity contribution in [3.63, 3.8) is 0 Å². The molecule has 0 atom stereocenters. The maximum atomic E-state index is 11.3. The van der Waals surface area contributed by atoms with Crippen LogP contribution in [0.4, 0.5) is 0 Å². The molecule has 1 aromatic rings. The second-order valence-corrected chi connectivity index (χ2v) is 2.94. The van der Waals surface area contributed by atoms with E-state index in [4.69, 9.17) is 10.5 Å². The fraction of sp³-hybridized carbons (Fsp3) is 0.625. The van der Waals surface area contributed by atoms with Crippen LogP contribution in [0.15, 0.2) is 6.20 Å². The van der Waals surface area contributed by atoms with Gasteiger partial charge in [0, 0.05) is 19.8 Å². The third-order valence-electron chi connectivity index (χ3n) is 1.55. The minimum absolute atomic E-state index is 0.0149. The van der Waals surface area contributed by atoms with E-state index < -0.39 is 0 Å². The molecule has 0 aliphatic heterocycles. The molecule has 6 nitrogen and oxygen atoms in total. The van der Waals surface area contributed by atoms with Crippen LogP contribution in [0, 0.1) is 0 Å². The molecular weight excluding hydrogens is 184 g/mol. The van der Waals surface area contributed by atoms with Crippen molar-refractivity contribution in [3.8, 4) is 0 Å². The molecule has 0 saturated heterocycles. The summed E-state index contributed by atoms with van der Waals surface area (Å²) < 4.78 is 6.55. The van der Waals surface area contributed by atoms with Crippen LogP contribution >= 0.6 is 0 Å². The highest BCUT2D eigenvalue weighted by Gasteiger charge is 2.06. The van der Waals surface area contributed by atoms with E-state index in [1.807, 2.05) is 0 Å². The second kappa shape index (κ2) is 5.46. The number of hydrogen-bond donors (Lipinski definition) is 1. The first-order valence-electron chi connectivity index (χ1n) is 4.37. The average molecular weight is 198 g/mol. The Morgan fingerprint density at radius 3 is 3.07 bits per heavy atom. The average Bonchev–Trinajstić information content (AvgIpc) is 2.52. The SMILES string of the molecule is Cn1cc(CC(=O)COCCN)nn1. The summed E-state index contributed by atoms with van der Waals surface area (Å²) in [6, 6.07) is 0. The number of aryl methyl sites for hydroxylation is 1. The van der Waals surface area contributed by atoms with Crippen molar-refractivity contribution < 1.29 is 9.53 Å². The molecule has 0 amide bonds. The molecule has 0 aliphatic rings. The van der Waals surface area contributed by atoms with Gasteiger partial charge in [-0.25, -0.2) is 0 Å². The van der Waals surface area contributed by atoms with Crippen molar-refractivity contribution in [2.45, 2.75) is 6.42 Å². The minimum Gasteiger partial charge on any atom is -0.372 e. The van der Waals surface area contributed by atoms with E-state index >= 15 is 0 Å². The van der Waals surface area contributed by atoms with Crippen LogP contribution in [-0.2, 0) is 23.0 Å². The molecule has 0 aromatic carbocycles. The number of nitrogens with zero attached hydrogens (tertiary/aromatic N) is 3. The molecule has 1 heterocycles. The number of Topliss-reactive ketones (excluding diaryl/α,β-unsaturated/α-hetero) is 1. The van der Waals surface area contributed by atoms with E-state index in [0.717, 1.165) is 0 Å². The van der Waals surface area contributed by atoms with Gasteiger partial charge in [0.2, 0.25) is 0 Å². The molecule has 2 N–H and O–H groups in total. The molecule has 0 radical (unpaired) electrons. The molecule has 0 saturated carbocycles. The van der Waals surface area contributed by atoms with Crippen molar-refractivity contribution in [1.29, 1.82) is 0 Å². The summed E-state index contributed by atoms with van der Waals surface area (Å²) in [5, 5.41) is 7.52. The van der Waals surface area contributed by atoms with Crippen molar-refractivity contribution in [1.82, 2.24) is 15.0 Å². The van der Waals surface area contributed by atoms with Crippen LogP contribution in [-0.4, -0.2) is 40.5 Å². The predicted molar refractivity (Wildman–Crippen MR) is 49.6 cm³/mol. The topological polar surface area (TPSA) is 83.0 Å². The largest absolute Gasteiger partial charge is 0.372 e. The van der Waals surface area contributed by atoms with Gasteiger partial charge in [0.05, 0.1) is 18.7 Å². The van der Waals surface area contributed by atoms with Crippen LogP contribution in [0.3, 0.4) is 0 Å². The molecule has 0 bridgehead atoms. The van der Waals surface area contributed by atoms with Gasteiger partial charge in [-0.15, -0.1) is 5.10 Å². The first-order chi connectivity index (χ1) is 6.72. The Hall–Kier alpha value is -1.27. The Labute approximate surface area is 82.0 Å². The van der Waals surface area contributed by atoms with Crippen molar-refractivity contribution in [2.24, 2.45) is 12.8 Å². The highest BCUT2D eigenvalue weighted by atomic mass is 16.5. The normalized spacial score (nSPS) is 10.4. The molecule has 78 valence electrons. The van der Waals surface area contributed by atoms with E-state index in [9.17, 15) is 4.79 Å². The van der Waals surface area contributed by atoms with Crippen molar-refractivity contribution in [2.75, 3.05) is 19.8 Å². The zero-order chi connectivity index (χ0) is 10.4. The quantitative estimate of drug-likeness (QED) is 0.587. The summed E-state index contributed by atoms with van der Waals surface area (Å²) in [7, 11) is 1.76. The Kier molecular flexibility index (Phi) is 4.21. The number of nitrogens with two attached hydrogens (primary N) is 1. The standard InChI is InChI=1S/C8H14N4O2/c1-12-5-7(10-11-12)4-8(13)6-14-3-2-9/h5H,2-4,6,9H2,1H3. The van der Waals surface area contributed by atoms with Crippen LogP contribution in [0.25, 0.3) is 0 Å². The lowest BCUT2D eigenvalue weighted by Gasteiger charge is -1.99. The van der Waals surface area contributed by atoms with Gasteiger partial charge in [-0.2, -0.15) is 0 Å². The highest BCUT2D eigenvalue weighted by Crippen LogP contribution is 1.94. The second-order valence-electron chi connectivity index (χ2n) is 2.94. The molecular formula is C8H14N4O2. The minimum atomic E-state index is -0.0149. The Bertz CT molecular complexity index is 297. The molecule has 14 heavy (non-hydrogen) atoms. The van der Waals surface area contributed by atoms with E-state index in [1.165, 1.54) is 0 Å². The molecule has 6 heteroatoms. The van der Waals surface area contributed by atoms with Crippen LogP contribution in [0.5, 0.6) is 0 Å². The zero-order valence-electron chi connectivity index (χ0n) is 8.14. The Morgan fingerprint density at radius 2 is 2.50 bits per heavy atom. The van der Waals surface area contributed by atoms with E-state index in [1.54, 1.807) is 17.9 Å². The molecule has 0 spiro atoms. The molecule has 0 unspecified atom stereocenters. The van der Waals surface area contributed by atoms with Gasteiger partial charge in [0.25, 0.3) is 0 Å². The monoisotopic (exact) mass is 198 g/mol. The Morgan fingerprint density at radius 1 is 1.71 bits per heavy atom. The summed E-state index contributed by atoms with van der Waals surface area (Å²) in [6.07, 6.45) is 1.97. The molecule has 1 rings (SSSR count). The van der Waals surface area contributed by atoms with Crippen molar-refractivity contribution in [3.05, 3.63) is 11.9 Å². The molecule has 1 aromatic heterocycles. The lowest BCUT2D eigenvalue weighted by molar-refractivity contribution is -0.122. The van der Waals surface area contributed by atoms with Gasteiger partial charge >= 0.3 is 0 Å². The van der Waals surface area contributed by atoms with Gasteiger partial charge in [-0.05, 0) is 0 Å². The fourth-order valence-corrected chi connectivity index (χ4v) is 0.999. The van der Waals surface area contributed by atoms with Crippen LogP contribution in [0.2, 0.25) is 0 Å². The molecule has 0 fully saturated rings. The van der Waals surface area contributed by atoms with Gasteiger partial charge in [0.15, 0.2) is 5.78 Å². The number of ether oxygens (including phenoxy) is 1. The van der Waals surface area contributed by atoms with Gasteiger partial charge in [0.1, 0.15) is 6.61 Å². The van der Waals surface area contributed by atoms with Crippen molar-refractivity contribution >= 4 is 5.78 Å². The fourth-order valence-electron chi connectivity index (χ4n) is 0.999. The number of carbonyl (C=O) groups is 1. The highest BCUT2D eigenvalue weighted by molar-refractivity contribution is 5.81. The number of aromatic nitrogens is 3. The van der Waals surface area contributed by atoms with E-state index in [2.05, 4.69) is 10.3 Å². The van der Waals surface area contributed by atoms with E-state index in [-0.39, 0.29) is 18.8 Å². The third-order valence-corrected chi connectivity index (χ3v) is 1.55. The maximum absolute atomic E-state index is 11.3. The van der Waals surface area contributed by atoms with Gasteiger partial charge in [-0.3, -0.25) is 9.48 Å². The number of carbonyl (C=O) groups excluding carboxylic acids is 1. The third kappa shape index (κ3) is 3.63. The summed E-state index contributed by atoms with van der Waals surface area (Å²) in [5.74, 6) is -0.0149. The lowest BCUT2D eigenvalue weighted by atomic mass is 10.2. The summed E-state index contributed by atoms with van der Waals surface area (Å²) in [4.78, 5) is 11.3. The van der Waals surface area contributed by atoms with E-state index in [0.29, 0.717) is 18.8 Å². The van der Waals surface area contributed by atoms with Gasteiger partial charge < -0.3 is 10.5 Å². The van der Waals surface area contributed by atoms with Crippen LogP contribution < -0.4 is 5.73 Å². The smallest absolute Gasteiger partial charge is 0.164 e. The van der Waals surface area contributed by atoms with Crippen LogP contribution in [0.1, 0.15) is 5.69 Å². The van der Waals surface area contributed by atoms with Gasteiger partial charge in [-0.1, -0.05) is 5.21 Å². The Balaban J connectivity index is 2.27. The number of rotatable bonds is 6. The first-order valence-corrected chi connectivity index (χ1v) is 4.37. The zero-order valence-corrected chi connectivity index (χ0v) is 8.14. The number of hydrogen-bond acceptors (Lipinski definition) is 5. The summed E-state index contributed by atoms with van der Waals surface area (Å²) >= 11 is 0. The lowest BCUT2D eigenvalue weighted by Crippen LogP contribution is -2.16. The summed E-state index contributed by atoms with van der Waals surface area (Å²) in [5.41, 5.74) is 5.87. The number of ketones is 1. The predicted octanol–water partition coefficient (Wildman–Crippen LogP) is -1.10.